The SMILES string of the molecule is Cc1noc(NC(=O)Cn2cc(C(=O)O)nn2)c1C. The summed E-state index contributed by atoms with van der Waals surface area (Å²) in [6.45, 7) is 3.35. The molecule has 0 saturated heterocycles. The minimum atomic E-state index is -1.20. The van der Waals surface area contributed by atoms with E-state index in [1.54, 1.807) is 13.8 Å². The monoisotopic (exact) mass is 265 g/mol. The Morgan fingerprint density at radius 1 is 1.47 bits per heavy atom. The molecule has 0 unspecified atom stereocenters. The first kappa shape index (κ1) is 12.7. The zero-order valence-corrected chi connectivity index (χ0v) is 10.2. The average molecular weight is 265 g/mol. The average Bonchev–Trinajstić information content (AvgIpc) is 2.91. The van der Waals surface area contributed by atoms with Gasteiger partial charge in [-0.1, -0.05) is 10.4 Å². The van der Waals surface area contributed by atoms with E-state index in [9.17, 15) is 9.59 Å². The minimum Gasteiger partial charge on any atom is -0.476 e. The molecule has 0 spiro atoms. The molecule has 0 bridgehead atoms. The fourth-order valence-electron chi connectivity index (χ4n) is 1.32. The zero-order valence-electron chi connectivity index (χ0n) is 10.2. The number of carboxylic acids is 1. The van der Waals surface area contributed by atoms with Crippen molar-refractivity contribution in [2.24, 2.45) is 0 Å². The summed E-state index contributed by atoms with van der Waals surface area (Å²) in [6.07, 6.45) is 1.17. The molecular weight excluding hydrogens is 254 g/mol. The largest absolute Gasteiger partial charge is 0.476 e. The molecule has 0 aliphatic rings. The first-order valence-corrected chi connectivity index (χ1v) is 5.33. The fraction of sp³-hybridized carbons (Fsp3) is 0.300. The number of carboxylic acid groups (broad SMARTS) is 1. The Morgan fingerprint density at radius 3 is 2.74 bits per heavy atom. The summed E-state index contributed by atoms with van der Waals surface area (Å²) in [6, 6.07) is 0. The molecule has 0 saturated carbocycles. The molecule has 0 fully saturated rings. The Bertz CT molecular complexity index is 630. The highest BCUT2D eigenvalue weighted by Crippen LogP contribution is 2.17. The molecule has 9 nitrogen and oxygen atoms in total. The van der Waals surface area contributed by atoms with E-state index in [-0.39, 0.29) is 18.1 Å². The topological polar surface area (TPSA) is 123 Å². The predicted octanol–water partition coefficient (Wildman–Crippen LogP) is 0.220. The number of carbonyl (C=O) groups is 2. The number of amides is 1. The van der Waals surface area contributed by atoms with Gasteiger partial charge in [0.15, 0.2) is 5.69 Å². The molecule has 0 aliphatic carbocycles. The maximum atomic E-state index is 11.7. The van der Waals surface area contributed by atoms with E-state index < -0.39 is 11.9 Å². The third-order valence-corrected chi connectivity index (χ3v) is 2.47. The molecule has 2 heterocycles. The van der Waals surface area contributed by atoms with Crippen LogP contribution in [0, 0.1) is 13.8 Å². The number of hydrogen-bond acceptors (Lipinski definition) is 6. The molecule has 1 amide bonds. The molecule has 2 N–H and O–H groups in total. The van der Waals surface area contributed by atoms with Crippen molar-refractivity contribution in [3.8, 4) is 0 Å². The third kappa shape index (κ3) is 2.76. The lowest BCUT2D eigenvalue weighted by molar-refractivity contribution is -0.117. The summed E-state index contributed by atoms with van der Waals surface area (Å²) in [4.78, 5) is 22.3. The van der Waals surface area contributed by atoms with E-state index in [2.05, 4.69) is 20.8 Å². The van der Waals surface area contributed by atoms with Crippen LogP contribution < -0.4 is 5.32 Å². The molecular formula is C10H11N5O4. The summed E-state index contributed by atoms with van der Waals surface area (Å²) >= 11 is 0. The van der Waals surface area contributed by atoms with Crippen LogP contribution in [0.15, 0.2) is 10.7 Å². The minimum absolute atomic E-state index is 0.167. The van der Waals surface area contributed by atoms with Crippen LogP contribution in [0.4, 0.5) is 5.88 Å². The van der Waals surface area contributed by atoms with Gasteiger partial charge in [0.2, 0.25) is 11.8 Å². The van der Waals surface area contributed by atoms with Crippen LogP contribution in [0.2, 0.25) is 0 Å². The lowest BCUT2D eigenvalue weighted by atomic mass is 10.3. The molecule has 9 heteroatoms. The van der Waals surface area contributed by atoms with E-state index in [1.165, 1.54) is 6.20 Å². The van der Waals surface area contributed by atoms with Gasteiger partial charge in [0.25, 0.3) is 0 Å². The number of anilines is 1. The summed E-state index contributed by atoms with van der Waals surface area (Å²) in [5.41, 5.74) is 1.20. The maximum Gasteiger partial charge on any atom is 0.358 e. The van der Waals surface area contributed by atoms with Crippen LogP contribution in [0.25, 0.3) is 0 Å². The number of nitrogens with one attached hydrogen (secondary N) is 1. The quantitative estimate of drug-likeness (QED) is 0.810. The van der Waals surface area contributed by atoms with Crippen molar-refractivity contribution < 1.29 is 19.2 Å². The molecule has 0 atom stereocenters. The smallest absolute Gasteiger partial charge is 0.358 e. The van der Waals surface area contributed by atoms with Gasteiger partial charge in [-0.25, -0.2) is 9.48 Å². The van der Waals surface area contributed by atoms with Crippen molar-refractivity contribution in [3.05, 3.63) is 23.1 Å². The number of hydrogen-bond donors (Lipinski definition) is 2. The summed E-state index contributed by atoms with van der Waals surface area (Å²) < 4.78 is 6.05. The molecule has 0 aliphatic heterocycles. The zero-order chi connectivity index (χ0) is 14.0. The van der Waals surface area contributed by atoms with Crippen molar-refractivity contribution in [3.63, 3.8) is 0 Å². The van der Waals surface area contributed by atoms with Gasteiger partial charge in [-0.2, -0.15) is 0 Å². The van der Waals surface area contributed by atoms with Crippen molar-refractivity contribution in [2.75, 3.05) is 5.32 Å². The van der Waals surface area contributed by atoms with Gasteiger partial charge < -0.3 is 9.63 Å². The molecule has 0 radical (unpaired) electrons. The Balaban J connectivity index is 2.01. The van der Waals surface area contributed by atoms with Crippen molar-refractivity contribution in [1.29, 1.82) is 0 Å². The van der Waals surface area contributed by atoms with Gasteiger partial charge in [0.1, 0.15) is 6.54 Å². The van der Waals surface area contributed by atoms with Crippen LogP contribution in [-0.2, 0) is 11.3 Å². The lowest BCUT2D eigenvalue weighted by Crippen LogP contribution is -2.19. The third-order valence-electron chi connectivity index (χ3n) is 2.47. The summed E-state index contributed by atoms with van der Waals surface area (Å²) in [5.74, 6) is -1.35. The van der Waals surface area contributed by atoms with Crippen LogP contribution in [0.3, 0.4) is 0 Å². The molecule has 19 heavy (non-hydrogen) atoms. The van der Waals surface area contributed by atoms with E-state index in [4.69, 9.17) is 9.63 Å². The van der Waals surface area contributed by atoms with Crippen LogP contribution in [0.5, 0.6) is 0 Å². The van der Waals surface area contributed by atoms with Gasteiger partial charge in [0.05, 0.1) is 11.9 Å². The lowest BCUT2D eigenvalue weighted by Gasteiger charge is -2.01. The Morgan fingerprint density at radius 2 is 2.21 bits per heavy atom. The van der Waals surface area contributed by atoms with Gasteiger partial charge in [-0.15, -0.1) is 5.10 Å². The maximum absolute atomic E-state index is 11.7. The number of aromatic carboxylic acids is 1. The van der Waals surface area contributed by atoms with Crippen LogP contribution in [-0.4, -0.2) is 37.1 Å². The highest BCUT2D eigenvalue weighted by atomic mass is 16.5. The Hall–Kier alpha value is -2.71. The second-order valence-corrected chi connectivity index (χ2v) is 3.88. The molecule has 2 aromatic rings. The second-order valence-electron chi connectivity index (χ2n) is 3.88. The summed E-state index contributed by atoms with van der Waals surface area (Å²) in [5, 5.41) is 21.8. The standard InChI is InChI=1S/C10H11N5O4/c1-5-6(2)13-19-9(5)11-8(16)4-15-3-7(10(17)18)12-14-15/h3H,4H2,1-2H3,(H,11,16)(H,17,18). The van der Waals surface area contributed by atoms with Crippen molar-refractivity contribution >= 4 is 17.8 Å². The van der Waals surface area contributed by atoms with Crippen LogP contribution in [0.1, 0.15) is 21.7 Å². The van der Waals surface area contributed by atoms with Crippen LogP contribution >= 0.6 is 0 Å². The van der Waals surface area contributed by atoms with E-state index >= 15 is 0 Å². The fourth-order valence-corrected chi connectivity index (χ4v) is 1.32. The van der Waals surface area contributed by atoms with E-state index in [1.807, 2.05) is 0 Å². The number of carbonyl (C=O) groups excluding carboxylic acids is 1. The number of aromatic nitrogens is 4. The highest BCUT2D eigenvalue weighted by Gasteiger charge is 2.14. The molecule has 100 valence electrons. The number of rotatable bonds is 4. The number of aryl methyl sites for hydroxylation is 1. The van der Waals surface area contributed by atoms with Gasteiger partial charge >= 0.3 is 5.97 Å². The predicted molar refractivity (Wildman–Crippen MR) is 61.6 cm³/mol. The summed E-state index contributed by atoms with van der Waals surface area (Å²) in [7, 11) is 0. The Kier molecular flexibility index (Phi) is 3.27. The molecule has 2 aromatic heterocycles. The molecule has 2 rings (SSSR count). The van der Waals surface area contributed by atoms with Gasteiger partial charge in [0, 0.05) is 5.56 Å². The van der Waals surface area contributed by atoms with Gasteiger partial charge in [-0.3, -0.25) is 10.1 Å². The van der Waals surface area contributed by atoms with E-state index in [0.717, 1.165) is 10.2 Å². The molecule has 0 aromatic carbocycles. The Labute approximate surface area is 107 Å². The first-order chi connectivity index (χ1) is 8.97. The second kappa shape index (κ2) is 4.88. The number of nitrogens with zero attached hydrogens (tertiary/aromatic N) is 4. The van der Waals surface area contributed by atoms with Gasteiger partial charge in [-0.05, 0) is 13.8 Å². The van der Waals surface area contributed by atoms with Crippen molar-refractivity contribution in [2.45, 2.75) is 20.4 Å². The first-order valence-electron chi connectivity index (χ1n) is 5.33. The normalized spacial score (nSPS) is 10.4. The highest BCUT2D eigenvalue weighted by molar-refractivity contribution is 5.90. The van der Waals surface area contributed by atoms with E-state index in [0.29, 0.717) is 5.69 Å². The van der Waals surface area contributed by atoms with Crippen molar-refractivity contribution in [1.82, 2.24) is 20.2 Å².